The summed E-state index contributed by atoms with van der Waals surface area (Å²) in [4.78, 5) is 0. The van der Waals surface area contributed by atoms with Crippen LogP contribution in [0.25, 0.3) is 0 Å². The van der Waals surface area contributed by atoms with Gasteiger partial charge in [0.15, 0.2) is 0 Å². The molecule has 0 aliphatic carbocycles. The van der Waals surface area contributed by atoms with Crippen LogP contribution in [0.15, 0.2) is 59.1 Å². The molecule has 0 spiro atoms. The molecule has 2 aromatic rings. The van der Waals surface area contributed by atoms with E-state index in [4.69, 9.17) is 0 Å². The van der Waals surface area contributed by atoms with Crippen LogP contribution in [-0.4, -0.2) is 6.18 Å². The molecule has 0 aliphatic rings. The minimum Gasteiger partial charge on any atom is -0.306 e. The lowest BCUT2D eigenvalue weighted by Gasteiger charge is -2.21. The number of alkyl halides is 3. The van der Waals surface area contributed by atoms with Crippen LogP contribution in [0, 0.1) is 0 Å². The standard InChI is InChI=1S/C16H15BrF3N/c17-14-8-6-12(7-9-14)11-21-15(10-16(18,19)20)13-4-2-1-3-5-13/h1-9,15,21H,10-11H2. The summed E-state index contributed by atoms with van der Waals surface area (Å²) in [6, 6.07) is 15.5. The molecule has 5 heteroatoms. The average Bonchev–Trinajstić information content (AvgIpc) is 2.45. The van der Waals surface area contributed by atoms with E-state index in [1.54, 1.807) is 30.3 Å². The molecular formula is C16H15BrF3N. The van der Waals surface area contributed by atoms with Gasteiger partial charge in [0.05, 0.1) is 6.42 Å². The van der Waals surface area contributed by atoms with E-state index in [1.165, 1.54) is 0 Å². The van der Waals surface area contributed by atoms with E-state index < -0.39 is 18.6 Å². The second-order valence-corrected chi connectivity index (χ2v) is 5.71. The first kappa shape index (κ1) is 16.0. The van der Waals surface area contributed by atoms with Gasteiger partial charge >= 0.3 is 6.18 Å². The molecule has 0 amide bonds. The molecule has 0 fully saturated rings. The Balaban J connectivity index is 2.07. The summed E-state index contributed by atoms with van der Waals surface area (Å²) >= 11 is 3.33. The van der Waals surface area contributed by atoms with Gasteiger partial charge in [0.2, 0.25) is 0 Å². The van der Waals surface area contributed by atoms with Gasteiger partial charge in [0, 0.05) is 17.1 Å². The highest BCUT2D eigenvalue weighted by molar-refractivity contribution is 9.10. The van der Waals surface area contributed by atoms with Crippen molar-refractivity contribution in [3.05, 3.63) is 70.2 Å². The van der Waals surface area contributed by atoms with E-state index in [-0.39, 0.29) is 0 Å². The Morgan fingerprint density at radius 2 is 1.57 bits per heavy atom. The summed E-state index contributed by atoms with van der Waals surface area (Å²) < 4.78 is 39.1. The molecule has 0 radical (unpaired) electrons. The lowest BCUT2D eigenvalue weighted by atomic mass is 10.0. The summed E-state index contributed by atoms with van der Waals surface area (Å²) in [7, 11) is 0. The summed E-state index contributed by atoms with van der Waals surface area (Å²) in [5, 5.41) is 2.99. The SMILES string of the molecule is FC(F)(F)CC(NCc1ccc(Br)cc1)c1ccccc1. The van der Waals surface area contributed by atoms with E-state index in [1.807, 2.05) is 24.3 Å². The van der Waals surface area contributed by atoms with E-state index in [0.29, 0.717) is 12.1 Å². The van der Waals surface area contributed by atoms with E-state index in [9.17, 15) is 13.2 Å². The zero-order valence-corrected chi connectivity index (χ0v) is 12.8. The van der Waals surface area contributed by atoms with Gasteiger partial charge in [0.1, 0.15) is 0 Å². The first-order chi connectivity index (χ1) is 9.94. The Morgan fingerprint density at radius 3 is 2.14 bits per heavy atom. The zero-order chi connectivity index (χ0) is 15.3. The summed E-state index contributed by atoms with van der Waals surface area (Å²) in [6.45, 7) is 0.392. The maximum absolute atomic E-state index is 12.7. The van der Waals surface area contributed by atoms with Crippen LogP contribution in [0.4, 0.5) is 13.2 Å². The van der Waals surface area contributed by atoms with Gasteiger partial charge in [-0.3, -0.25) is 0 Å². The van der Waals surface area contributed by atoms with Crippen molar-refractivity contribution in [3.8, 4) is 0 Å². The van der Waals surface area contributed by atoms with Gasteiger partial charge < -0.3 is 5.32 Å². The molecule has 1 N–H and O–H groups in total. The highest BCUT2D eigenvalue weighted by Gasteiger charge is 2.32. The summed E-state index contributed by atoms with van der Waals surface area (Å²) in [5.41, 5.74) is 1.59. The first-order valence-corrected chi connectivity index (χ1v) is 7.33. The zero-order valence-electron chi connectivity index (χ0n) is 11.2. The number of rotatable bonds is 5. The number of hydrogen-bond acceptors (Lipinski definition) is 1. The number of nitrogens with one attached hydrogen (secondary N) is 1. The van der Waals surface area contributed by atoms with Crippen LogP contribution in [-0.2, 0) is 6.54 Å². The molecule has 0 saturated heterocycles. The third-order valence-corrected chi connectivity index (χ3v) is 3.63. The predicted molar refractivity (Wildman–Crippen MR) is 80.8 cm³/mol. The largest absolute Gasteiger partial charge is 0.390 e. The Morgan fingerprint density at radius 1 is 0.952 bits per heavy atom. The Kier molecular flexibility index (Phi) is 5.42. The van der Waals surface area contributed by atoms with Crippen molar-refractivity contribution in [2.75, 3.05) is 0 Å². The van der Waals surface area contributed by atoms with Crippen LogP contribution in [0.3, 0.4) is 0 Å². The maximum atomic E-state index is 12.7. The van der Waals surface area contributed by atoms with Crippen molar-refractivity contribution in [2.45, 2.75) is 25.2 Å². The fourth-order valence-electron chi connectivity index (χ4n) is 2.07. The highest BCUT2D eigenvalue weighted by Crippen LogP contribution is 2.29. The lowest BCUT2D eigenvalue weighted by Crippen LogP contribution is -2.26. The molecule has 21 heavy (non-hydrogen) atoms. The molecule has 0 aromatic heterocycles. The molecule has 2 aromatic carbocycles. The quantitative estimate of drug-likeness (QED) is 0.772. The Bertz CT molecular complexity index is 552. The van der Waals surface area contributed by atoms with E-state index in [2.05, 4.69) is 21.2 Å². The van der Waals surface area contributed by atoms with Crippen LogP contribution >= 0.6 is 15.9 Å². The third kappa shape index (κ3) is 5.52. The van der Waals surface area contributed by atoms with E-state index in [0.717, 1.165) is 10.0 Å². The smallest absolute Gasteiger partial charge is 0.306 e. The van der Waals surface area contributed by atoms with Gasteiger partial charge in [-0.2, -0.15) is 13.2 Å². The van der Waals surface area contributed by atoms with Crippen molar-refractivity contribution >= 4 is 15.9 Å². The van der Waals surface area contributed by atoms with Crippen molar-refractivity contribution < 1.29 is 13.2 Å². The van der Waals surface area contributed by atoms with Gasteiger partial charge in [-0.15, -0.1) is 0 Å². The fourth-order valence-corrected chi connectivity index (χ4v) is 2.33. The molecule has 112 valence electrons. The number of hydrogen-bond donors (Lipinski definition) is 1. The lowest BCUT2D eigenvalue weighted by molar-refractivity contribution is -0.140. The molecule has 0 aliphatic heterocycles. The fraction of sp³-hybridized carbons (Fsp3) is 0.250. The maximum Gasteiger partial charge on any atom is 0.390 e. The molecule has 1 atom stereocenters. The van der Waals surface area contributed by atoms with Crippen LogP contribution in [0.1, 0.15) is 23.6 Å². The van der Waals surface area contributed by atoms with Crippen molar-refractivity contribution in [3.63, 3.8) is 0 Å². The topological polar surface area (TPSA) is 12.0 Å². The van der Waals surface area contributed by atoms with Crippen LogP contribution in [0.5, 0.6) is 0 Å². The van der Waals surface area contributed by atoms with Crippen LogP contribution < -0.4 is 5.32 Å². The molecule has 0 heterocycles. The van der Waals surface area contributed by atoms with Crippen molar-refractivity contribution in [1.82, 2.24) is 5.32 Å². The normalized spacial score (nSPS) is 13.1. The van der Waals surface area contributed by atoms with E-state index >= 15 is 0 Å². The summed E-state index contributed by atoms with van der Waals surface area (Å²) in [5.74, 6) is 0. The Hall–Kier alpha value is -1.33. The molecule has 0 bridgehead atoms. The average molecular weight is 358 g/mol. The number of halogens is 4. The van der Waals surface area contributed by atoms with Gasteiger partial charge in [-0.1, -0.05) is 58.4 Å². The minimum absolute atomic E-state index is 0.392. The summed E-state index contributed by atoms with van der Waals surface area (Å²) in [6.07, 6.45) is -5.08. The monoisotopic (exact) mass is 357 g/mol. The van der Waals surface area contributed by atoms with Crippen LogP contribution in [0.2, 0.25) is 0 Å². The van der Waals surface area contributed by atoms with Crippen molar-refractivity contribution in [2.24, 2.45) is 0 Å². The van der Waals surface area contributed by atoms with Gasteiger partial charge in [-0.05, 0) is 23.3 Å². The van der Waals surface area contributed by atoms with Gasteiger partial charge in [0.25, 0.3) is 0 Å². The molecule has 1 unspecified atom stereocenters. The Labute approximate surface area is 130 Å². The predicted octanol–water partition coefficient (Wildman–Crippen LogP) is 5.23. The minimum atomic E-state index is -4.20. The molecule has 2 rings (SSSR count). The van der Waals surface area contributed by atoms with Gasteiger partial charge in [-0.25, -0.2) is 0 Å². The molecule has 0 saturated carbocycles. The molecule has 1 nitrogen and oxygen atoms in total. The second kappa shape index (κ2) is 7.09. The third-order valence-electron chi connectivity index (χ3n) is 3.10. The van der Waals surface area contributed by atoms with Crippen molar-refractivity contribution in [1.29, 1.82) is 0 Å². The molecular weight excluding hydrogens is 343 g/mol. The first-order valence-electron chi connectivity index (χ1n) is 6.53. The second-order valence-electron chi connectivity index (χ2n) is 4.79. The number of benzene rings is 2. The highest BCUT2D eigenvalue weighted by atomic mass is 79.9.